The molecule has 2 aliphatic heterocycles. The van der Waals surface area contributed by atoms with Crippen LogP contribution in [0.5, 0.6) is 0 Å². The van der Waals surface area contributed by atoms with Crippen LogP contribution in [0.2, 0.25) is 0 Å². The zero-order chi connectivity index (χ0) is 26.2. The molecule has 0 unspecified atom stereocenters. The van der Waals surface area contributed by atoms with Gasteiger partial charge in [0.05, 0.1) is 23.0 Å². The summed E-state index contributed by atoms with van der Waals surface area (Å²) >= 11 is 0. The average molecular weight is 507 g/mol. The number of para-hydroxylation sites is 1. The van der Waals surface area contributed by atoms with E-state index in [0.29, 0.717) is 23.7 Å². The van der Waals surface area contributed by atoms with Gasteiger partial charge >= 0.3 is 0 Å². The van der Waals surface area contributed by atoms with Gasteiger partial charge in [-0.05, 0) is 74.7 Å². The predicted molar refractivity (Wildman–Crippen MR) is 149 cm³/mol. The lowest BCUT2D eigenvalue weighted by Crippen LogP contribution is -2.37. The Morgan fingerprint density at radius 2 is 2.00 bits per heavy atom. The number of aromatic amines is 1. The highest BCUT2D eigenvalue weighted by Gasteiger charge is 2.26. The van der Waals surface area contributed by atoms with Crippen molar-refractivity contribution in [2.45, 2.75) is 32.7 Å². The highest BCUT2D eigenvalue weighted by atomic mass is 16.2. The van der Waals surface area contributed by atoms with E-state index in [1.807, 2.05) is 85.5 Å². The van der Waals surface area contributed by atoms with Gasteiger partial charge in [0.15, 0.2) is 0 Å². The smallest absolute Gasteiger partial charge is 0.256 e. The third-order valence-corrected chi connectivity index (χ3v) is 7.40. The van der Waals surface area contributed by atoms with Crippen molar-refractivity contribution in [2.24, 2.45) is 0 Å². The van der Waals surface area contributed by atoms with Gasteiger partial charge in [-0.15, -0.1) is 0 Å². The average Bonchev–Trinajstić information content (AvgIpc) is 3.72. The molecule has 2 amide bonds. The third kappa shape index (κ3) is 4.43. The molecule has 8 nitrogen and oxygen atoms in total. The molecule has 0 bridgehead atoms. The van der Waals surface area contributed by atoms with Gasteiger partial charge in [-0.2, -0.15) is 5.10 Å². The van der Waals surface area contributed by atoms with Crippen molar-refractivity contribution >= 4 is 29.2 Å². The summed E-state index contributed by atoms with van der Waals surface area (Å²) < 4.78 is 1.84. The van der Waals surface area contributed by atoms with Gasteiger partial charge in [0, 0.05) is 47.0 Å². The van der Waals surface area contributed by atoms with Crippen LogP contribution in [0.3, 0.4) is 0 Å². The van der Waals surface area contributed by atoms with Crippen molar-refractivity contribution in [3.8, 4) is 16.8 Å². The van der Waals surface area contributed by atoms with Gasteiger partial charge in [-0.3, -0.25) is 9.59 Å². The van der Waals surface area contributed by atoms with Crippen molar-refractivity contribution in [3.63, 3.8) is 0 Å². The molecule has 2 aliphatic rings. The maximum absolute atomic E-state index is 13.0. The standard InChI is InChI=1S/C30H30N6O2/c1-18-27(34-19(2)28(18)30(38)32-16-22-7-6-12-31-22)14-25-24-13-20(10-11-26(24)35-29(25)37)21-15-33-36(17-21)23-8-4-3-5-9-23/h3-5,8-11,13-15,17,22,31,34H,6-7,12,16H2,1-2H3,(H,32,38)(H,35,37)/b25-14-/t22-/m0/s1. The Kier molecular flexibility index (Phi) is 6.17. The Balaban J connectivity index is 1.28. The van der Waals surface area contributed by atoms with Crippen molar-refractivity contribution in [2.75, 3.05) is 18.4 Å². The Morgan fingerprint density at radius 3 is 2.79 bits per heavy atom. The molecule has 1 saturated heterocycles. The number of nitrogens with one attached hydrogen (secondary N) is 4. The molecule has 0 spiro atoms. The van der Waals surface area contributed by atoms with Crippen LogP contribution >= 0.6 is 0 Å². The number of fused-ring (bicyclic) bond motifs is 1. The quantitative estimate of drug-likeness (QED) is 0.290. The van der Waals surface area contributed by atoms with Crippen molar-refractivity contribution in [1.29, 1.82) is 0 Å². The zero-order valence-electron chi connectivity index (χ0n) is 21.5. The van der Waals surface area contributed by atoms with Gasteiger partial charge in [0.1, 0.15) is 0 Å². The molecular formula is C30H30N6O2. The van der Waals surface area contributed by atoms with E-state index in [1.54, 1.807) is 0 Å². The number of rotatable bonds is 6. The van der Waals surface area contributed by atoms with Crippen LogP contribution < -0.4 is 16.0 Å². The molecule has 4 aromatic rings. The minimum atomic E-state index is -0.165. The first-order chi connectivity index (χ1) is 18.5. The number of H-pyrrole nitrogens is 1. The number of hydrogen-bond donors (Lipinski definition) is 4. The highest BCUT2D eigenvalue weighted by molar-refractivity contribution is 6.35. The lowest BCUT2D eigenvalue weighted by atomic mass is 9.99. The highest BCUT2D eigenvalue weighted by Crippen LogP contribution is 2.37. The molecule has 8 heteroatoms. The van der Waals surface area contributed by atoms with E-state index in [1.165, 1.54) is 0 Å². The fourth-order valence-electron chi connectivity index (χ4n) is 5.34. The van der Waals surface area contributed by atoms with Crippen LogP contribution in [-0.4, -0.2) is 45.7 Å². The summed E-state index contributed by atoms with van der Waals surface area (Å²) in [5.41, 5.74) is 8.06. The Morgan fingerprint density at radius 1 is 1.16 bits per heavy atom. The number of anilines is 1. The molecule has 192 valence electrons. The molecule has 1 fully saturated rings. The minimum Gasteiger partial charge on any atom is -0.358 e. The number of nitrogens with zero attached hydrogens (tertiary/aromatic N) is 2. The van der Waals surface area contributed by atoms with Gasteiger partial charge in [0.2, 0.25) is 0 Å². The number of hydrogen-bond acceptors (Lipinski definition) is 4. The van der Waals surface area contributed by atoms with Crippen LogP contribution in [0.15, 0.2) is 60.9 Å². The van der Waals surface area contributed by atoms with Crippen LogP contribution in [0.25, 0.3) is 28.5 Å². The van der Waals surface area contributed by atoms with Gasteiger partial charge in [0.25, 0.3) is 11.8 Å². The first-order valence-corrected chi connectivity index (χ1v) is 13.0. The van der Waals surface area contributed by atoms with Crippen molar-refractivity contribution < 1.29 is 9.59 Å². The number of carbonyl (C=O) groups is 2. The molecule has 0 aliphatic carbocycles. The first kappa shape index (κ1) is 23.9. The maximum Gasteiger partial charge on any atom is 0.256 e. The molecule has 4 heterocycles. The second-order valence-electron chi connectivity index (χ2n) is 9.95. The SMILES string of the molecule is Cc1[nH]c(/C=C2\C(=O)Nc3ccc(-c4cnn(-c5ccccc5)c4)cc32)c(C)c1C(=O)NC[C@@H]1CCCN1. The lowest BCUT2D eigenvalue weighted by molar-refractivity contribution is -0.110. The summed E-state index contributed by atoms with van der Waals surface area (Å²) in [6, 6.07) is 16.2. The molecule has 1 atom stereocenters. The van der Waals surface area contributed by atoms with Crippen LogP contribution in [0, 0.1) is 13.8 Å². The van der Waals surface area contributed by atoms with E-state index in [9.17, 15) is 9.59 Å². The Bertz CT molecular complexity index is 1560. The monoisotopic (exact) mass is 506 g/mol. The summed E-state index contributed by atoms with van der Waals surface area (Å²) in [5, 5.41) is 13.9. The molecule has 0 radical (unpaired) electrons. The molecule has 6 rings (SSSR count). The van der Waals surface area contributed by atoms with E-state index < -0.39 is 0 Å². The summed E-state index contributed by atoms with van der Waals surface area (Å²) in [6.07, 6.45) is 7.87. The molecule has 0 saturated carbocycles. The van der Waals surface area contributed by atoms with Crippen LogP contribution in [0.1, 0.15) is 45.7 Å². The normalized spacial score (nSPS) is 17.6. The van der Waals surface area contributed by atoms with Gasteiger partial charge in [-0.25, -0.2) is 4.68 Å². The van der Waals surface area contributed by atoms with E-state index in [0.717, 1.165) is 64.4 Å². The summed E-state index contributed by atoms with van der Waals surface area (Å²) in [6.45, 7) is 5.42. The lowest BCUT2D eigenvalue weighted by Gasteiger charge is -2.11. The first-order valence-electron chi connectivity index (χ1n) is 13.0. The number of carbonyl (C=O) groups excluding carboxylic acids is 2. The van der Waals surface area contributed by atoms with E-state index in [4.69, 9.17) is 0 Å². The second kappa shape index (κ2) is 9.79. The number of aryl methyl sites for hydroxylation is 1. The van der Waals surface area contributed by atoms with Crippen LogP contribution in [0.4, 0.5) is 5.69 Å². The zero-order valence-corrected chi connectivity index (χ0v) is 21.5. The fourth-order valence-corrected chi connectivity index (χ4v) is 5.34. The molecule has 2 aromatic heterocycles. The number of benzene rings is 2. The number of aromatic nitrogens is 3. The summed E-state index contributed by atoms with van der Waals surface area (Å²) in [5.74, 6) is -0.259. The van der Waals surface area contributed by atoms with E-state index in [2.05, 4.69) is 26.0 Å². The molecular weight excluding hydrogens is 476 g/mol. The van der Waals surface area contributed by atoms with E-state index in [-0.39, 0.29) is 11.8 Å². The minimum absolute atomic E-state index is 0.0939. The summed E-state index contributed by atoms with van der Waals surface area (Å²) in [4.78, 5) is 29.3. The van der Waals surface area contributed by atoms with Crippen molar-refractivity contribution in [1.82, 2.24) is 25.4 Å². The van der Waals surface area contributed by atoms with Crippen molar-refractivity contribution in [3.05, 3.63) is 89.0 Å². The fraction of sp³-hybridized carbons (Fsp3) is 0.233. The third-order valence-electron chi connectivity index (χ3n) is 7.40. The van der Waals surface area contributed by atoms with E-state index >= 15 is 0 Å². The largest absolute Gasteiger partial charge is 0.358 e. The topological polar surface area (TPSA) is 104 Å². The summed E-state index contributed by atoms with van der Waals surface area (Å²) in [7, 11) is 0. The Labute approximate surface area is 221 Å². The number of amides is 2. The van der Waals surface area contributed by atoms with Crippen LogP contribution in [-0.2, 0) is 4.79 Å². The van der Waals surface area contributed by atoms with Gasteiger partial charge in [-0.1, -0.05) is 24.3 Å². The van der Waals surface area contributed by atoms with Gasteiger partial charge < -0.3 is 20.9 Å². The molecule has 38 heavy (non-hydrogen) atoms. The Hall–Kier alpha value is -4.43. The maximum atomic E-state index is 13.0. The molecule has 4 N–H and O–H groups in total. The second-order valence-corrected chi connectivity index (χ2v) is 9.95. The molecule has 2 aromatic carbocycles. The predicted octanol–water partition coefficient (Wildman–Crippen LogP) is 4.46.